The predicted octanol–water partition coefficient (Wildman–Crippen LogP) is 2.26. The van der Waals surface area contributed by atoms with Crippen molar-refractivity contribution in [3.05, 3.63) is 11.4 Å². The molecule has 0 amide bonds. The molecule has 0 spiro atoms. The van der Waals surface area contributed by atoms with E-state index in [4.69, 9.17) is 0 Å². The van der Waals surface area contributed by atoms with Crippen molar-refractivity contribution in [2.24, 2.45) is 0 Å². The van der Waals surface area contributed by atoms with Crippen molar-refractivity contribution in [1.82, 2.24) is 0 Å². The first-order valence-corrected chi connectivity index (χ1v) is 1.38. The summed E-state index contributed by atoms with van der Waals surface area (Å²) >= 11 is 4.08. The average molecular weight is 182 g/mol. The van der Waals surface area contributed by atoms with Crippen molar-refractivity contribution in [2.75, 3.05) is 0 Å². The fraction of sp³-hybridized carbons (Fsp3) is 0. The second-order valence-electron chi connectivity index (χ2n) is 0.521. The molecule has 38 valence electrons. The smallest absolute Gasteiger partial charge is 0.188 e. The van der Waals surface area contributed by atoms with E-state index in [9.17, 15) is 13.2 Å². The van der Waals surface area contributed by atoms with E-state index in [2.05, 4.69) is 11.6 Å². The van der Waals surface area contributed by atoms with Crippen LogP contribution in [0, 0.1) is 0 Å². The Balaban J connectivity index is 0. The Kier molecular flexibility index (Phi) is 6.85. The Morgan fingerprint density at radius 1 is 1.14 bits per heavy atom. The number of hydrogen-bond donors (Lipinski definition) is 0. The molecule has 5 heteroatoms. The van der Waals surface area contributed by atoms with Crippen LogP contribution in [0.2, 0.25) is 0 Å². The Morgan fingerprint density at radius 2 is 1.29 bits per heavy atom. The molecule has 0 N–H and O–H groups in total. The van der Waals surface area contributed by atoms with Crippen LogP contribution in [0.5, 0.6) is 0 Å². The fourth-order valence-electron chi connectivity index (χ4n) is 0. The summed E-state index contributed by atoms with van der Waals surface area (Å²) in [7, 11) is 0. The maximum absolute atomic E-state index is 10.7. The van der Waals surface area contributed by atoms with Crippen molar-refractivity contribution in [2.45, 2.75) is 0 Å². The Hall–Kier alpha value is 0.443. The van der Waals surface area contributed by atoms with Gasteiger partial charge >= 0.3 is 6.08 Å². The van der Waals surface area contributed by atoms with E-state index in [0.717, 1.165) is 0 Å². The van der Waals surface area contributed by atoms with Gasteiger partial charge in [-0.15, -0.1) is 0 Å². The molecule has 0 aromatic heterocycles. The van der Waals surface area contributed by atoms with Gasteiger partial charge in [0.15, 0.2) is 0 Å². The van der Waals surface area contributed by atoms with E-state index in [1.807, 2.05) is 0 Å². The Bertz CT molecular complexity index is 63.0. The summed E-state index contributed by atoms with van der Waals surface area (Å²) in [5.41, 5.74) is 0. The van der Waals surface area contributed by atoms with Gasteiger partial charge in [-0.3, -0.25) is 0 Å². The largest absolute Gasteiger partial charge is 0.317 e. The van der Waals surface area contributed by atoms with Gasteiger partial charge in [-0.25, -0.2) is 0 Å². The van der Waals surface area contributed by atoms with E-state index >= 15 is 0 Å². The molecule has 0 rings (SSSR count). The van der Waals surface area contributed by atoms with E-state index in [-0.39, 0.29) is 19.5 Å². The van der Waals surface area contributed by atoms with Crippen LogP contribution in [0.15, 0.2) is 11.4 Å². The molecule has 0 aliphatic carbocycles. The van der Waals surface area contributed by atoms with Gasteiger partial charge in [0.05, 0.1) is 0 Å². The van der Waals surface area contributed by atoms with Gasteiger partial charge < -0.3 is 0 Å². The summed E-state index contributed by atoms with van der Waals surface area (Å²) < 4.78 is 31.8. The predicted molar refractivity (Wildman–Crippen MR) is 16.2 cm³/mol. The molecule has 0 nitrogen and oxygen atoms in total. The van der Waals surface area contributed by atoms with E-state index in [1.165, 1.54) is 0 Å². The monoisotopic (exact) mass is 180 g/mol. The molecule has 0 saturated carbocycles. The molecule has 0 bridgehead atoms. The van der Waals surface area contributed by atoms with Gasteiger partial charge in [0, 0.05) is 19.5 Å². The maximum Gasteiger partial charge on any atom is 0.317 e. The topological polar surface area (TPSA) is 0 Å². The molecule has 0 atom stereocenters. The van der Waals surface area contributed by atoms with Crippen LogP contribution in [0.3, 0.4) is 0 Å². The summed E-state index contributed by atoms with van der Waals surface area (Å²) in [4.78, 5) is 0. The SMILES string of the molecule is FC(F)=C(F)Cl.[Zn]. The Labute approximate surface area is 56.1 Å². The first-order chi connectivity index (χ1) is 2.64. The van der Waals surface area contributed by atoms with Crippen LogP contribution < -0.4 is 0 Å². The van der Waals surface area contributed by atoms with Gasteiger partial charge in [0.1, 0.15) is 0 Å². The summed E-state index contributed by atoms with van der Waals surface area (Å²) in [5.74, 6) is 0. The van der Waals surface area contributed by atoms with Gasteiger partial charge in [-0.1, -0.05) is 0 Å². The van der Waals surface area contributed by atoms with Crippen molar-refractivity contribution in [3.8, 4) is 0 Å². The molecular weight excluding hydrogens is 182 g/mol. The number of hydrogen-bond acceptors (Lipinski definition) is 0. The van der Waals surface area contributed by atoms with Crippen molar-refractivity contribution in [3.63, 3.8) is 0 Å². The normalized spacial score (nSPS) is 6.86. The summed E-state index contributed by atoms with van der Waals surface area (Å²) in [5, 5.41) is -1.94. The van der Waals surface area contributed by atoms with E-state index in [0.29, 0.717) is 0 Å². The molecule has 0 heterocycles. The average Bonchev–Trinajstić information content (AvgIpc) is 1.36. The zero-order valence-electron chi connectivity index (χ0n) is 3.22. The van der Waals surface area contributed by atoms with Crippen molar-refractivity contribution in [1.29, 1.82) is 0 Å². The first kappa shape index (κ1) is 10.4. The fourth-order valence-corrected chi connectivity index (χ4v) is 0. The van der Waals surface area contributed by atoms with Crippen LogP contribution in [-0.4, -0.2) is 0 Å². The molecule has 0 aliphatic rings. The summed E-state index contributed by atoms with van der Waals surface area (Å²) in [6, 6.07) is 0. The molecule has 0 aromatic rings. The van der Waals surface area contributed by atoms with Crippen LogP contribution >= 0.6 is 11.6 Å². The molecular formula is C2ClF3Zn. The zero-order valence-corrected chi connectivity index (χ0v) is 6.94. The van der Waals surface area contributed by atoms with Crippen LogP contribution in [-0.2, 0) is 19.5 Å². The van der Waals surface area contributed by atoms with Crippen LogP contribution in [0.25, 0.3) is 0 Å². The van der Waals surface area contributed by atoms with Gasteiger partial charge in [-0.2, -0.15) is 13.2 Å². The third kappa shape index (κ3) is 6.44. The van der Waals surface area contributed by atoms with Crippen LogP contribution in [0.1, 0.15) is 0 Å². The molecule has 0 aliphatic heterocycles. The standard InChI is InChI=1S/C2ClF3.Zn/c3-1(4)2(5)6;. The quantitative estimate of drug-likeness (QED) is 0.504. The Morgan fingerprint density at radius 3 is 1.29 bits per heavy atom. The van der Waals surface area contributed by atoms with E-state index < -0.39 is 11.4 Å². The maximum atomic E-state index is 10.7. The minimum atomic E-state index is -2.48. The third-order valence-electron chi connectivity index (χ3n) is 0.143. The van der Waals surface area contributed by atoms with Gasteiger partial charge in [-0.05, 0) is 11.6 Å². The molecule has 7 heavy (non-hydrogen) atoms. The third-order valence-corrected chi connectivity index (χ3v) is 0.286. The minimum Gasteiger partial charge on any atom is -0.188 e. The first-order valence-electron chi connectivity index (χ1n) is 1.01. The van der Waals surface area contributed by atoms with Crippen molar-refractivity contribution < 1.29 is 32.6 Å². The molecule has 0 saturated heterocycles. The number of halogens is 4. The summed E-state index contributed by atoms with van der Waals surface area (Å²) in [6.45, 7) is 0. The zero-order chi connectivity index (χ0) is 5.15. The van der Waals surface area contributed by atoms with E-state index in [1.54, 1.807) is 0 Å². The summed E-state index contributed by atoms with van der Waals surface area (Å²) in [6.07, 6.45) is -2.48. The molecule has 0 aromatic carbocycles. The minimum absolute atomic E-state index is 0. The number of rotatable bonds is 0. The van der Waals surface area contributed by atoms with Crippen LogP contribution in [0.4, 0.5) is 13.2 Å². The van der Waals surface area contributed by atoms with Gasteiger partial charge in [0.2, 0.25) is 0 Å². The van der Waals surface area contributed by atoms with Crippen molar-refractivity contribution >= 4 is 11.6 Å². The molecule has 0 unspecified atom stereocenters. The molecule has 0 radical (unpaired) electrons. The molecule has 0 fully saturated rings. The van der Waals surface area contributed by atoms with Gasteiger partial charge in [0.25, 0.3) is 5.29 Å². The second-order valence-corrected chi connectivity index (χ2v) is 0.853. The second kappa shape index (κ2) is 4.60.